The first kappa shape index (κ1) is 15.2. The fourth-order valence-corrected chi connectivity index (χ4v) is 2.70. The minimum atomic E-state index is -1.15. The highest BCUT2D eigenvalue weighted by molar-refractivity contribution is 6.10. The van der Waals surface area contributed by atoms with Gasteiger partial charge in [-0.2, -0.15) is 0 Å². The molecule has 2 aliphatic heterocycles. The molecule has 2 unspecified atom stereocenters. The van der Waals surface area contributed by atoms with Gasteiger partial charge in [-0.1, -0.05) is 0 Å². The molecule has 0 aliphatic carbocycles. The van der Waals surface area contributed by atoms with Crippen LogP contribution >= 0.6 is 0 Å². The van der Waals surface area contributed by atoms with Crippen LogP contribution in [0.5, 0.6) is 0 Å². The summed E-state index contributed by atoms with van der Waals surface area (Å²) in [6, 6.07) is -1.68. The van der Waals surface area contributed by atoms with Gasteiger partial charge >= 0.3 is 6.03 Å². The highest BCUT2D eigenvalue weighted by Gasteiger charge is 2.56. The van der Waals surface area contributed by atoms with Crippen molar-refractivity contribution in [2.24, 2.45) is 11.5 Å². The number of imide groups is 1. The fraction of sp³-hybridized carbons (Fsp3) is 0.667. The number of likely N-dealkylation sites (tertiary alicyclic amines) is 1. The summed E-state index contributed by atoms with van der Waals surface area (Å²) in [5, 5.41) is 2.60. The molecule has 0 aromatic rings. The standard InChI is InChI=1S/C12H19N5O4/c1-7(9(14)19)17-10(20)12(15-11(17)21)3-5-16(6-12)8(18)2-4-13/h7H,2-6,13H2,1H3,(H2,14,19)(H,15,21). The van der Waals surface area contributed by atoms with Gasteiger partial charge in [0, 0.05) is 19.5 Å². The Morgan fingerprint density at radius 2 is 2.10 bits per heavy atom. The van der Waals surface area contributed by atoms with Crippen LogP contribution in [0.1, 0.15) is 19.8 Å². The topological polar surface area (TPSA) is 139 Å². The minimum absolute atomic E-state index is 0.0956. The molecule has 0 bridgehead atoms. The Balaban J connectivity index is 2.16. The van der Waals surface area contributed by atoms with E-state index in [0.29, 0.717) is 13.0 Å². The molecule has 0 radical (unpaired) electrons. The molecule has 5 amide bonds. The Kier molecular flexibility index (Phi) is 3.86. The van der Waals surface area contributed by atoms with Gasteiger partial charge in [-0.15, -0.1) is 0 Å². The zero-order chi connectivity index (χ0) is 15.8. The summed E-state index contributed by atoms with van der Waals surface area (Å²) in [6.45, 7) is 2.08. The SMILES string of the molecule is CC(C(N)=O)N1C(=O)NC2(CCN(C(=O)CCN)C2)C1=O. The van der Waals surface area contributed by atoms with Crippen molar-refractivity contribution in [1.29, 1.82) is 0 Å². The number of hydrogen-bond donors (Lipinski definition) is 3. The first-order valence-electron chi connectivity index (χ1n) is 6.75. The van der Waals surface area contributed by atoms with E-state index in [1.165, 1.54) is 11.8 Å². The number of nitrogens with two attached hydrogens (primary N) is 2. The van der Waals surface area contributed by atoms with E-state index >= 15 is 0 Å². The highest BCUT2D eigenvalue weighted by atomic mass is 16.2. The smallest absolute Gasteiger partial charge is 0.325 e. The van der Waals surface area contributed by atoms with Crippen molar-refractivity contribution in [3.05, 3.63) is 0 Å². The number of urea groups is 1. The van der Waals surface area contributed by atoms with Crippen molar-refractivity contribution < 1.29 is 19.2 Å². The Morgan fingerprint density at radius 1 is 1.43 bits per heavy atom. The second kappa shape index (κ2) is 5.32. The average molecular weight is 297 g/mol. The predicted octanol–water partition coefficient (Wildman–Crippen LogP) is -2.27. The van der Waals surface area contributed by atoms with Crippen LogP contribution < -0.4 is 16.8 Å². The second-order valence-corrected chi connectivity index (χ2v) is 5.37. The first-order valence-corrected chi connectivity index (χ1v) is 6.75. The van der Waals surface area contributed by atoms with Gasteiger partial charge < -0.3 is 21.7 Å². The fourth-order valence-electron chi connectivity index (χ4n) is 2.70. The third-order valence-electron chi connectivity index (χ3n) is 3.97. The molecule has 0 aromatic heterocycles. The summed E-state index contributed by atoms with van der Waals surface area (Å²) in [4.78, 5) is 49.8. The van der Waals surface area contributed by atoms with E-state index in [1.54, 1.807) is 0 Å². The van der Waals surface area contributed by atoms with E-state index in [-0.39, 0.29) is 25.4 Å². The second-order valence-electron chi connectivity index (χ2n) is 5.37. The third-order valence-corrected chi connectivity index (χ3v) is 3.97. The van der Waals surface area contributed by atoms with E-state index in [4.69, 9.17) is 11.5 Å². The van der Waals surface area contributed by atoms with Crippen molar-refractivity contribution in [3.63, 3.8) is 0 Å². The van der Waals surface area contributed by atoms with Crippen LogP contribution in [-0.4, -0.2) is 64.8 Å². The number of carbonyl (C=O) groups is 4. The monoisotopic (exact) mass is 297 g/mol. The van der Waals surface area contributed by atoms with E-state index in [1.807, 2.05) is 0 Å². The Morgan fingerprint density at radius 3 is 2.67 bits per heavy atom. The molecule has 116 valence electrons. The normalized spacial score (nSPS) is 26.4. The molecule has 9 heteroatoms. The van der Waals surface area contributed by atoms with Gasteiger partial charge in [0.1, 0.15) is 11.6 Å². The molecule has 2 aliphatic rings. The maximum Gasteiger partial charge on any atom is 0.325 e. The van der Waals surface area contributed by atoms with Gasteiger partial charge in [-0.25, -0.2) is 9.69 Å². The maximum absolute atomic E-state index is 12.5. The number of amides is 5. The lowest BCUT2D eigenvalue weighted by Crippen LogP contribution is -2.51. The third kappa shape index (κ3) is 2.44. The van der Waals surface area contributed by atoms with E-state index in [2.05, 4.69) is 5.32 Å². The summed E-state index contributed by atoms with van der Waals surface area (Å²) in [5.41, 5.74) is 9.35. The number of nitrogens with zero attached hydrogens (tertiary/aromatic N) is 2. The van der Waals surface area contributed by atoms with Crippen LogP contribution in [0.15, 0.2) is 0 Å². The molecule has 5 N–H and O–H groups in total. The Hall–Kier alpha value is -2.16. The average Bonchev–Trinajstić information content (AvgIpc) is 2.93. The summed E-state index contributed by atoms with van der Waals surface area (Å²) in [5.74, 6) is -1.43. The van der Waals surface area contributed by atoms with E-state index < -0.39 is 29.4 Å². The molecule has 2 fully saturated rings. The maximum atomic E-state index is 12.5. The summed E-state index contributed by atoms with van der Waals surface area (Å²) >= 11 is 0. The molecular formula is C12H19N5O4. The lowest BCUT2D eigenvalue weighted by atomic mass is 9.98. The van der Waals surface area contributed by atoms with Crippen LogP contribution in [-0.2, 0) is 14.4 Å². The Bertz CT molecular complexity index is 508. The van der Waals surface area contributed by atoms with Gasteiger partial charge in [-0.3, -0.25) is 14.4 Å². The molecule has 2 rings (SSSR count). The Labute approximate surface area is 121 Å². The number of hydrogen-bond acceptors (Lipinski definition) is 5. The van der Waals surface area contributed by atoms with Crippen LogP contribution in [0, 0.1) is 0 Å². The molecule has 2 saturated heterocycles. The lowest BCUT2D eigenvalue weighted by molar-refractivity contribution is -0.137. The molecular weight excluding hydrogens is 278 g/mol. The molecule has 2 atom stereocenters. The molecule has 21 heavy (non-hydrogen) atoms. The number of primary amides is 1. The lowest BCUT2D eigenvalue weighted by Gasteiger charge is -2.23. The van der Waals surface area contributed by atoms with E-state index in [9.17, 15) is 19.2 Å². The van der Waals surface area contributed by atoms with Crippen molar-refractivity contribution in [2.45, 2.75) is 31.3 Å². The van der Waals surface area contributed by atoms with Crippen LogP contribution in [0.3, 0.4) is 0 Å². The van der Waals surface area contributed by atoms with Crippen molar-refractivity contribution in [1.82, 2.24) is 15.1 Å². The molecule has 0 aromatic carbocycles. The predicted molar refractivity (Wildman–Crippen MR) is 71.6 cm³/mol. The first-order chi connectivity index (χ1) is 9.82. The number of carbonyl (C=O) groups excluding carboxylic acids is 4. The quantitative estimate of drug-likeness (QED) is 0.502. The summed E-state index contributed by atoms with van der Waals surface area (Å²) in [7, 11) is 0. The molecule has 1 spiro atoms. The van der Waals surface area contributed by atoms with Gasteiger partial charge in [0.15, 0.2) is 0 Å². The zero-order valence-corrected chi connectivity index (χ0v) is 11.8. The number of nitrogens with one attached hydrogen (secondary N) is 1. The van der Waals surface area contributed by atoms with Gasteiger partial charge in [0.2, 0.25) is 11.8 Å². The largest absolute Gasteiger partial charge is 0.368 e. The van der Waals surface area contributed by atoms with Crippen molar-refractivity contribution in [3.8, 4) is 0 Å². The van der Waals surface area contributed by atoms with Gasteiger partial charge in [-0.05, 0) is 13.3 Å². The summed E-state index contributed by atoms with van der Waals surface area (Å²) < 4.78 is 0. The van der Waals surface area contributed by atoms with E-state index in [0.717, 1.165) is 4.90 Å². The minimum Gasteiger partial charge on any atom is -0.368 e. The highest BCUT2D eigenvalue weighted by Crippen LogP contribution is 2.30. The van der Waals surface area contributed by atoms with Crippen molar-refractivity contribution >= 4 is 23.8 Å². The zero-order valence-electron chi connectivity index (χ0n) is 11.8. The summed E-state index contributed by atoms with van der Waals surface area (Å²) in [6.07, 6.45) is 0.509. The van der Waals surface area contributed by atoms with Gasteiger partial charge in [0.05, 0.1) is 6.54 Å². The van der Waals surface area contributed by atoms with Crippen LogP contribution in [0.4, 0.5) is 4.79 Å². The molecule has 9 nitrogen and oxygen atoms in total. The van der Waals surface area contributed by atoms with Crippen molar-refractivity contribution in [2.75, 3.05) is 19.6 Å². The van der Waals surface area contributed by atoms with Gasteiger partial charge in [0.25, 0.3) is 5.91 Å². The molecule has 2 heterocycles. The van der Waals surface area contributed by atoms with Crippen LogP contribution in [0.25, 0.3) is 0 Å². The number of rotatable bonds is 4. The van der Waals surface area contributed by atoms with Crippen LogP contribution in [0.2, 0.25) is 0 Å². The molecule has 0 saturated carbocycles.